The molecule has 0 saturated carbocycles. The van der Waals surface area contributed by atoms with Crippen molar-refractivity contribution >= 4 is 11.3 Å². The van der Waals surface area contributed by atoms with Gasteiger partial charge in [-0.1, -0.05) is 0 Å². The Morgan fingerprint density at radius 1 is 1.64 bits per heavy atom. The molecule has 2 N–H and O–H groups in total. The molecule has 1 rings (SSSR count). The molecule has 0 saturated heterocycles. The molecule has 1 atom stereocenters. The van der Waals surface area contributed by atoms with Crippen molar-refractivity contribution in [2.45, 2.75) is 39.3 Å². The molecule has 0 bridgehead atoms. The molecule has 1 unspecified atom stereocenters. The minimum absolute atomic E-state index is 0.0543. The summed E-state index contributed by atoms with van der Waals surface area (Å²) < 4.78 is 5.62. The van der Waals surface area contributed by atoms with Crippen LogP contribution in [0, 0.1) is 0 Å². The van der Waals surface area contributed by atoms with Gasteiger partial charge in [0.2, 0.25) is 0 Å². The van der Waals surface area contributed by atoms with Crippen LogP contribution >= 0.6 is 11.3 Å². The van der Waals surface area contributed by atoms with E-state index in [-0.39, 0.29) is 11.6 Å². The average Bonchev–Trinajstić information content (AvgIpc) is 2.51. The summed E-state index contributed by atoms with van der Waals surface area (Å²) in [5.74, 6) is 0. The second-order valence-corrected chi connectivity index (χ2v) is 4.86. The minimum atomic E-state index is -0.299. The van der Waals surface area contributed by atoms with Gasteiger partial charge in [0.25, 0.3) is 0 Å². The summed E-state index contributed by atoms with van der Waals surface area (Å²) in [6, 6.07) is 0.0543. The summed E-state index contributed by atoms with van der Waals surface area (Å²) in [5.41, 5.74) is 5.47. The summed E-state index contributed by atoms with van der Waals surface area (Å²) >= 11 is 1.63. The number of thiazole rings is 1. The highest BCUT2D eigenvalue weighted by molar-refractivity contribution is 7.11. The normalized spacial score (nSPS) is 14.4. The highest BCUT2D eigenvalue weighted by Gasteiger charge is 2.24. The van der Waals surface area contributed by atoms with E-state index in [4.69, 9.17) is 10.5 Å². The topological polar surface area (TPSA) is 48.1 Å². The molecule has 0 aliphatic rings. The highest BCUT2D eigenvalue weighted by Crippen LogP contribution is 2.30. The van der Waals surface area contributed by atoms with Crippen LogP contribution in [0.3, 0.4) is 0 Å². The van der Waals surface area contributed by atoms with Crippen molar-refractivity contribution in [2.24, 2.45) is 5.73 Å². The van der Waals surface area contributed by atoms with E-state index in [0.717, 1.165) is 9.88 Å². The van der Waals surface area contributed by atoms with Crippen molar-refractivity contribution in [1.29, 1.82) is 0 Å². The fraction of sp³-hybridized carbons (Fsp3) is 0.700. The number of aromatic nitrogens is 1. The number of rotatable bonds is 4. The minimum Gasteiger partial charge on any atom is -0.369 e. The van der Waals surface area contributed by atoms with Crippen molar-refractivity contribution in [1.82, 2.24) is 4.98 Å². The zero-order valence-corrected chi connectivity index (χ0v) is 10.0. The molecule has 0 fully saturated rings. The van der Waals surface area contributed by atoms with Gasteiger partial charge < -0.3 is 10.5 Å². The number of nitrogens with zero attached hydrogens (tertiary/aromatic N) is 1. The first kappa shape index (κ1) is 11.6. The maximum Gasteiger partial charge on any atom is 0.124 e. The maximum absolute atomic E-state index is 5.77. The van der Waals surface area contributed by atoms with Crippen LogP contribution in [-0.2, 0) is 10.3 Å². The molecular weight excluding hydrogens is 196 g/mol. The van der Waals surface area contributed by atoms with E-state index < -0.39 is 0 Å². The van der Waals surface area contributed by atoms with Crippen molar-refractivity contribution < 1.29 is 4.74 Å². The van der Waals surface area contributed by atoms with Crippen LogP contribution in [0.25, 0.3) is 0 Å². The van der Waals surface area contributed by atoms with Gasteiger partial charge in [0, 0.05) is 23.7 Å². The second-order valence-electron chi connectivity index (χ2n) is 3.80. The summed E-state index contributed by atoms with van der Waals surface area (Å²) in [6.07, 6.45) is 1.84. The van der Waals surface area contributed by atoms with Crippen LogP contribution in [0.4, 0.5) is 0 Å². The molecule has 80 valence electrons. The van der Waals surface area contributed by atoms with E-state index in [9.17, 15) is 0 Å². The standard InChI is InChI=1S/C10H18N2OS/c1-5-13-10(3,4)9-12-6-8(14-9)7(2)11/h6-7H,5,11H2,1-4H3. The molecular formula is C10H18N2OS. The first-order valence-electron chi connectivity index (χ1n) is 4.83. The lowest BCUT2D eigenvalue weighted by atomic mass is 10.1. The van der Waals surface area contributed by atoms with Crippen LogP contribution in [-0.4, -0.2) is 11.6 Å². The highest BCUT2D eigenvalue weighted by atomic mass is 32.1. The van der Waals surface area contributed by atoms with Gasteiger partial charge in [0.15, 0.2) is 0 Å². The zero-order valence-electron chi connectivity index (χ0n) is 9.20. The van der Waals surface area contributed by atoms with E-state index in [2.05, 4.69) is 4.98 Å². The van der Waals surface area contributed by atoms with Crippen LogP contribution in [0.5, 0.6) is 0 Å². The fourth-order valence-corrected chi connectivity index (χ4v) is 2.12. The molecule has 0 radical (unpaired) electrons. The predicted molar refractivity (Wildman–Crippen MR) is 59.4 cm³/mol. The smallest absolute Gasteiger partial charge is 0.124 e. The third-order valence-corrected chi connectivity index (χ3v) is 3.50. The van der Waals surface area contributed by atoms with Crippen molar-refractivity contribution in [3.8, 4) is 0 Å². The van der Waals surface area contributed by atoms with E-state index in [1.165, 1.54) is 0 Å². The van der Waals surface area contributed by atoms with Gasteiger partial charge in [0.1, 0.15) is 10.6 Å². The van der Waals surface area contributed by atoms with Gasteiger partial charge >= 0.3 is 0 Å². The third-order valence-electron chi connectivity index (χ3n) is 1.99. The Morgan fingerprint density at radius 3 is 2.71 bits per heavy atom. The largest absolute Gasteiger partial charge is 0.369 e. The second kappa shape index (κ2) is 4.38. The Hall–Kier alpha value is -0.450. The Bertz CT molecular complexity index is 294. The Balaban J connectivity index is 2.85. The predicted octanol–water partition coefficient (Wildman–Crippen LogP) is 2.43. The Kier molecular flexibility index (Phi) is 3.64. The molecule has 0 aromatic carbocycles. The fourth-order valence-electron chi connectivity index (χ4n) is 1.20. The summed E-state index contributed by atoms with van der Waals surface area (Å²) in [7, 11) is 0. The quantitative estimate of drug-likeness (QED) is 0.837. The maximum atomic E-state index is 5.77. The lowest BCUT2D eigenvalue weighted by Gasteiger charge is -2.21. The Labute approximate surface area is 89.3 Å². The van der Waals surface area contributed by atoms with Crippen LogP contribution < -0.4 is 5.73 Å². The summed E-state index contributed by atoms with van der Waals surface area (Å²) in [6.45, 7) is 8.70. The van der Waals surface area contributed by atoms with Gasteiger partial charge in [-0.3, -0.25) is 0 Å². The van der Waals surface area contributed by atoms with Crippen LogP contribution in [0.1, 0.15) is 43.6 Å². The van der Waals surface area contributed by atoms with Gasteiger partial charge in [0.05, 0.1) is 0 Å². The zero-order chi connectivity index (χ0) is 10.8. The van der Waals surface area contributed by atoms with Crippen LogP contribution in [0.2, 0.25) is 0 Å². The third kappa shape index (κ3) is 2.53. The number of hydrogen-bond acceptors (Lipinski definition) is 4. The van der Waals surface area contributed by atoms with E-state index >= 15 is 0 Å². The molecule has 0 amide bonds. The number of hydrogen-bond donors (Lipinski definition) is 1. The Morgan fingerprint density at radius 2 is 2.29 bits per heavy atom. The molecule has 0 spiro atoms. The van der Waals surface area contributed by atoms with Crippen molar-refractivity contribution in [2.75, 3.05) is 6.61 Å². The molecule has 0 aliphatic carbocycles. The molecule has 1 aromatic heterocycles. The molecule has 1 heterocycles. The lowest BCUT2D eigenvalue weighted by Crippen LogP contribution is -2.21. The summed E-state index contributed by atoms with van der Waals surface area (Å²) in [4.78, 5) is 5.45. The van der Waals surface area contributed by atoms with Gasteiger partial charge in [-0.2, -0.15) is 0 Å². The monoisotopic (exact) mass is 214 g/mol. The van der Waals surface area contributed by atoms with Crippen LogP contribution in [0.15, 0.2) is 6.20 Å². The van der Waals surface area contributed by atoms with E-state index in [1.807, 2.05) is 33.9 Å². The van der Waals surface area contributed by atoms with E-state index in [0.29, 0.717) is 6.61 Å². The molecule has 0 aliphatic heterocycles. The molecule has 1 aromatic rings. The van der Waals surface area contributed by atoms with Crippen molar-refractivity contribution in [3.63, 3.8) is 0 Å². The van der Waals surface area contributed by atoms with Gasteiger partial charge in [-0.25, -0.2) is 4.98 Å². The van der Waals surface area contributed by atoms with Gasteiger partial charge in [-0.15, -0.1) is 11.3 Å². The molecule has 3 nitrogen and oxygen atoms in total. The first-order chi connectivity index (χ1) is 6.47. The SMILES string of the molecule is CCOC(C)(C)c1ncc(C(C)N)s1. The first-order valence-corrected chi connectivity index (χ1v) is 5.64. The lowest BCUT2D eigenvalue weighted by molar-refractivity contribution is -0.0141. The number of ether oxygens (including phenoxy) is 1. The average molecular weight is 214 g/mol. The van der Waals surface area contributed by atoms with E-state index in [1.54, 1.807) is 11.3 Å². The van der Waals surface area contributed by atoms with Gasteiger partial charge in [-0.05, 0) is 27.7 Å². The molecule has 14 heavy (non-hydrogen) atoms. The summed E-state index contributed by atoms with van der Waals surface area (Å²) in [5, 5.41) is 0.992. The number of nitrogens with two attached hydrogens (primary N) is 1. The molecule has 4 heteroatoms. The van der Waals surface area contributed by atoms with Crippen molar-refractivity contribution in [3.05, 3.63) is 16.1 Å².